The molecule has 3 aromatic rings. The Morgan fingerprint density at radius 3 is 2.48 bits per heavy atom. The predicted octanol–water partition coefficient (Wildman–Crippen LogP) is 4.90. The Morgan fingerprint density at radius 1 is 1.04 bits per heavy atom. The highest BCUT2D eigenvalue weighted by atomic mass is 35.5. The molecule has 128 valence electrons. The SMILES string of the molecule is CC(C)Nc1nc(Nc2ccc(F)cc2Cl)cc(-c2ccncc2)n1. The summed E-state index contributed by atoms with van der Waals surface area (Å²) in [7, 11) is 0. The fraction of sp³-hybridized carbons (Fsp3) is 0.167. The van der Waals surface area contributed by atoms with Crippen molar-refractivity contribution in [2.24, 2.45) is 0 Å². The van der Waals surface area contributed by atoms with Crippen LogP contribution in [0.5, 0.6) is 0 Å². The van der Waals surface area contributed by atoms with Crippen molar-refractivity contribution in [2.75, 3.05) is 10.6 Å². The number of pyridine rings is 1. The summed E-state index contributed by atoms with van der Waals surface area (Å²) in [6, 6.07) is 9.89. The van der Waals surface area contributed by atoms with E-state index in [0.29, 0.717) is 17.5 Å². The smallest absolute Gasteiger partial charge is 0.225 e. The monoisotopic (exact) mass is 357 g/mol. The van der Waals surface area contributed by atoms with E-state index in [2.05, 4.69) is 25.6 Å². The number of hydrogen-bond acceptors (Lipinski definition) is 5. The summed E-state index contributed by atoms with van der Waals surface area (Å²) < 4.78 is 13.2. The van der Waals surface area contributed by atoms with Gasteiger partial charge in [-0.05, 0) is 44.2 Å². The van der Waals surface area contributed by atoms with E-state index in [4.69, 9.17) is 11.6 Å². The van der Waals surface area contributed by atoms with Crippen molar-refractivity contribution in [1.29, 1.82) is 0 Å². The largest absolute Gasteiger partial charge is 0.352 e. The number of anilines is 3. The van der Waals surface area contributed by atoms with Gasteiger partial charge in [0.05, 0.1) is 16.4 Å². The van der Waals surface area contributed by atoms with Gasteiger partial charge in [-0.3, -0.25) is 4.98 Å². The van der Waals surface area contributed by atoms with Crippen LogP contribution in [0.1, 0.15) is 13.8 Å². The Labute approximate surface area is 150 Å². The lowest BCUT2D eigenvalue weighted by atomic mass is 10.2. The molecule has 1 aromatic carbocycles. The second-order valence-corrected chi connectivity index (χ2v) is 6.15. The lowest BCUT2D eigenvalue weighted by molar-refractivity contribution is 0.628. The van der Waals surface area contributed by atoms with E-state index in [9.17, 15) is 4.39 Å². The highest BCUT2D eigenvalue weighted by molar-refractivity contribution is 6.33. The van der Waals surface area contributed by atoms with E-state index in [-0.39, 0.29) is 11.1 Å². The van der Waals surface area contributed by atoms with Crippen molar-refractivity contribution in [3.05, 3.63) is 59.6 Å². The van der Waals surface area contributed by atoms with Crippen molar-refractivity contribution in [3.63, 3.8) is 0 Å². The van der Waals surface area contributed by atoms with Crippen LogP contribution < -0.4 is 10.6 Å². The minimum atomic E-state index is -0.391. The lowest BCUT2D eigenvalue weighted by Crippen LogP contribution is -2.13. The molecule has 25 heavy (non-hydrogen) atoms. The zero-order chi connectivity index (χ0) is 17.8. The summed E-state index contributed by atoms with van der Waals surface area (Å²) in [5.74, 6) is 0.654. The number of benzene rings is 1. The van der Waals surface area contributed by atoms with Gasteiger partial charge in [-0.15, -0.1) is 0 Å². The second-order valence-electron chi connectivity index (χ2n) is 5.75. The third-order valence-corrected chi connectivity index (χ3v) is 3.63. The van der Waals surface area contributed by atoms with Gasteiger partial charge in [-0.2, -0.15) is 4.98 Å². The van der Waals surface area contributed by atoms with Gasteiger partial charge < -0.3 is 10.6 Å². The molecule has 0 atom stereocenters. The molecule has 0 fully saturated rings. The molecule has 2 heterocycles. The predicted molar refractivity (Wildman–Crippen MR) is 98.7 cm³/mol. The van der Waals surface area contributed by atoms with Crippen LogP contribution in [0.2, 0.25) is 5.02 Å². The molecule has 2 aromatic heterocycles. The molecular formula is C18H17ClFN5. The molecule has 0 aliphatic rings. The molecule has 0 spiro atoms. The van der Waals surface area contributed by atoms with Gasteiger partial charge in [0.2, 0.25) is 5.95 Å². The Balaban J connectivity index is 2.00. The van der Waals surface area contributed by atoms with Crippen LogP contribution in [-0.2, 0) is 0 Å². The molecule has 0 saturated heterocycles. The summed E-state index contributed by atoms with van der Waals surface area (Å²) >= 11 is 6.09. The summed E-state index contributed by atoms with van der Waals surface area (Å²) in [6.45, 7) is 4.01. The first-order valence-corrected chi connectivity index (χ1v) is 8.17. The van der Waals surface area contributed by atoms with Crippen LogP contribution in [-0.4, -0.2) is 21.0 Å². The van der Waals surface area contributed by atoms with Crippen LogP contribution in [0.15, 0.2) is 48.8 Å². The Morgan fingerprint density at radius 2 is 1.80 bits per heavy atom. The van der Waals surface area contributed by atoms with Gasteiger partial charge in [-0.1, -0.05) is 11.6 Å². The molecule has 7 heteroatoms. The minimum absolute atomic E-state index is 0.176. The number of nitrogens with one attached hydrogen (secondary N) is 2. The maximum atomic E-state index is 13.2. The molecule has 0 aliphatic carbocycles. The van der Waals surface area contributed by atoms with E-state index in [1.165, 1.54) is 12.1 Å². The van der Waals surface area contributed by atoms with Crippen molar-refractivity contribution in [1.82, 2.24) is 15.0 Å². The Hall–Kier alpha value is -2.73. The molecule has 3 rings (SSSR count). The Kier molecular flexibility index (Phi) is 5.09. The number of halogens is 2. The quantitative estimate of drug-likeness (QED) is 0.680. The number of hydrogen-bond donors (Lipinski definition) is 2. The molecular weight excluding hydrogens is 341 g/mol. The van der Waals surface area contributed by atoms with Crippen LogP contribution in [0.25, 0.3) is 11.3 Å². The summed E-state index contributed by atoms with van der Waals surface area (Å²) in [4.78, 5) is 13.0. The molecule has 0 radical (unpaired) electrons. The van der Waals surface area contributed by atoms with Gasteiger partial charge in [0.25, 0.3) is 0 Å². The van der Waals surface area contributed by atoms with Gasteiger partial charge in [0.1, 0.15) is 11.6 Å². The normalized spacial score (nSPS) is 10.8. The summed E-state index contributed by atoms with van der Waals surface area (Å²) in [5.41, 5.74) is 2.22. The number of nitrogens with zero attached hydrogens (tertiary/aromatic N) is 3. The molecule has 2 N–H and O–H groups in total. The van der Waals surface area contributed by atoms with Gasteiger partial charge in [0.15, 0.2) is 0 Å². The maximum Gasteiger partial charge on any atom is 0.225 e. The van der Waals surface area contributed by atoms with Gasteiger partial charge in [-0.25, -0.2) is 9.37 Å². The van der Waals surface area contributed by atoms with E-state index >= 15 is 0 Å². The summed E-state index contributed by atoms with van der Waals surface area (Å²) in [5, 5.41) is 6.59. The molecule has 0 bridgehead atoms. The van der Waals surface area contributed by atoms with Crippen LogP contribution in [0.3, 0.4) is 0 Å². The second kappa shape index (κ2) is 7.44. The highest BCUT2D eigenvalue weighted by Crippen LogP contribution is 2.28. The average molecular weight is 358 g/mol. The highest BCUT2D eigenvalue weighted by Gasteiger charge is 2.10. The van der Waals surface area contributed by atoms with Crippen LogP contribution in [0.4, 0.5) is 21.8 Å². The fourth-order valence-electron chi connectivity index (χ4n) is 2.23. The van der Waals surface area contributed by atoms with Crippen LogP contribution in [0, 0.1) is 5.82 Å². The minimum Gasteiger partial charge on any atom is -0.352 e. The fourth-order valence-corrected chi connectivity index (χ4v) is 2.45. The molecule has 5 nitrogen and oxygen atoms in total. The summed E-state index contributed by atoms with van der Waals surface area (Å²) in [6.07, 6.45) is 3.41. The average Bonchev–Trinajstić information content (AvgIpc) is 2.57. The van der Waals surface area contributed by atoms with E-state index in [1.807, 2.05) is 26.0 Å². The third-order valence-electron chi connectivity index (χ3n) is 3.31. The lowest BCUT2D eigenvalue weighted by Gasteiger charge is -2.13. The van der Waals surface area contributed by atoms with E-state index in [1.54, 1.807) is 24.5 Å². The van der Waals surface area contributed by atoms with Crippen LogP contribution >= 0.6 is 11.6 Å². The molecule has 0 unspecified atom stereocenters. The third kappa shape index (κ3) is 4.42. The number of rotatable bonds is 5. The maximum absolute atomic E-state index is 13.2. The van der Waals surface area contributed by atoms with Gasteiger partial charge in [0, 0.05) is 30.1 Å². The first-order valence-electron chi connectivity index (χ1n) is 7.79. The zero-order valence-corrected chi connectivity index (χ0v) is 14.5. The first-order chi connectivity index (χ1) is 12.0. The van der Waals surface area contributed by atoms with Gasteiger partial charge >= 0.3 is 0 Å². The molecule has 0 saturated carbocycles. The molecule has 0 amide bonds. The Bertz CT molecular complexity index is 871. The van der Waals surface area contributed by atoms with Crippen molar-refractivity contribution < 1.29 is 4.39 Å². The van der Waals surface area contributed by atoms with E-state index in [0.717, 1.165) is 11.3 Å². The first kappa shape index (κ1) is 17.1. The topological polar surface area (TPSA) is 62.7 Å². The standard InChI is InChI=1S/C18H17ClFN5/c1-11(2)22-18-24-16(12-5-7-21-8-6-12)10-17(25-18)23-15-4-3-13(20)9-14(15)19/h3-11H,1-2H3,(H2,22,23,24,25). The van der Waals surface area contributed by atoms with Crippen molar-refractivity contribution in [3.8, 4) is 11.3 Å². The molecule has 0 aliphatic heterocycles. The van der Waals surface area contributed by atoms with Crippen molar-refractivity contribution in [2.45, 2.75) is 19.9 Å². The number of aromatic nitrogens is 3. The zero-order valence-electron chi connectivity index (χ0n) is 13.8. The van der Waals surface area contributed by atoms with E-state index < -0.39 is 5.82 Å². The van der Waals surface area contributed by atoms with Crippen molar-refractivity contribution >= 4 is 29.1 Å².